The van der Waals surface area contributed by atoms with E-state index in [0.717, 1.165) is 0 Å². The number of hydrogen-bond acceptors (Lipinski definition) is 6. The third-order valence-electron chi connectivity index (χ3n) is 2.23. The molecular formula is C10H12N6O4. The summed E-state index contributed by atoms with van der Waals surface area (Å²) < 4.78 is 5.79. The molecule has 0 bridgehead atoms. The molecule has 2 heterocycles. The van der Waals surface area contributed by atoms with Crippen molar-refractivity contribution in [2.45, 2.75) is 19.6 Å². The molecule has 2 aromatic rings. The van der Waals surface area contributed by atoms with Crippen molar-refractivity contribution in [2.75, 3.05) is 0 Å². The predicted molar refractivity (Wildman–Crippen MR) is 63.2 cm³/mol. The van der Waals surface area contributed by atoms with Gasteiger partial charge in [-0.25, -0.2) is 9.48 Å². The Morgan fingerprint density at radius 3 is 2.70 bits per heavy atom. The van der Waals surface area contributed by atoms with E-state index in [-0.39, 0.29) is 19.6 Å². The number of nitrogens with zero attached hydrogens (tertiary/aromatic N) is 4. The first kappa shape index (κ1) is 13.5. The van der Waals surface area contributed by atoms with E-state index < -0.39 is 12.0 Å². The molecule has 0 unspecified atom stereocenters. The molecule has 106 valence electrons. The number of amides is 2. The number of carboxylic acid groups (broad SMARTS) is 1. The normalized spacial score (nSPS) is 10.2. The summed E-state index contributed by atoms with van der Waals surface area (Å²) in [5.74, 6) is -1.01. The van der Waals surface area contributed by atoms with Crippen LogP contribution in [-0.2, 0) is 24.4 Å². The fraction of sp³-hybridized carbons (Fsp3) is 0.300. The van der Waals surface area contributed by atoms with Crippen molar-refractivity contribution in [3.8, 4) is 0 Å². The Morgan fingerprint density at radius 1 is 1.30 bits per heavy atom. The highest BCUT2D eigenvalue weighted by molar-refractivity contribution is 5.73. The summed E-state index contributed by atoms with van der Waals surface area (Å²) in [6.45, 7) is 0.115. The smallest absolute Gasteiger partial charge is 0.325 e. The van der Waals surface area contributed by atoms with Crippen molar-refractivity contribution in [1.82, 2.24) is 30.8 Å². The van der Waals surface area contributed by atoms with E-state index in [1.807, 2.05) is 0 Å². The molecule has 0 saturated carbocycles. The van der Waals surface area contributed by atoms with Gasteiger partial charge >= 0.3 is 12.0 Å². The number of carbonyl (C=O) groups is 2. The van der Waals surface area contributed by atoms with Crippen LogP contribution >= 0.6 is 0 Å². The van der Waals surface area contributed by atoms with Crippen LogP contribution in [-0.4, -0.2) is 37.3 Å². The van der Waals surface area contributed by atoms with Crippen LogP contribution < -0.4 is 10.6 Å². The Kier molecular flexibility index (Phi) is 4.27. The summed E-state index contributed by atoms with van der Waals surface area (Å²) in [7, 11) is 0. The minimum atomic E-state index is -1.01. The second kappa shape index (κ2) is 6.31. The maximum Gasteiger partial charge on any atom is 0.325 e. The zero-order valence-electron chi connectivity index (χ0n) is 10.3. The number of aliphatic carboxylic acids is 1. The zero-order chi connectivity index (χ0) is 14.4. The quantitative estimate of drug-likeness (QED) is 0.639. The lowest BCUT2D eigenvalue weighted by Crippen LogP contribution is -2.34. The molecule has 0 atom stereocenters. The van der Waals surface area contributed by atoms with Gasteiger partial charge in [0.1, 0.15) is 24.2 Å². The van der Waals surface area contributed by atoms with Crippen LogP contribution in [0.1, 0.15) is 11.4 Å². The highest BCUT2D eigenvalue weighted by Gasteiger charge is 2.06. The summed E-state index contributed by atoms with van der Waals surface area (Å²) in [5.41, 5.74) is 1.07. The average Bonchev–Trinajstić information content (AvgIpc) is 3.04. The molecule has 2 rings (SSSR count). The van der Waals surface area contributed by atoms with Crippen LogP contribution in [0.3, 0.4) is 0 Å². The predicted octanol–water partition coefficient (Wildman–Crippen LogP) is -0.650. The first-order chi connectivity index (χ1) is 9.63. The molecule has 20 heavy (non-hydrogen) atoms. The SMILES string of the molecule is O=C(O)Cn1cc(CNC(=O)NCc2ccon2)nn1. The van der Waals surface area contributed by atoms with E-state index in [4.69, 9.17) is 5.11 Å². The molecule has 0 aromatic carbocycles. The lowest BCUT2D eigenvalue weighted by atomic mass is 10.4. The number of aromatic nitrogens is 4. The van der Waals surface area contributed by atoms with E-state index in [0.29, 0.717) is 11.4 Å². The van der Waals surface area contributed by atoms with E-state index in [2.05, 4.69) is 30.6 Å². The Bertz CT molecular complexity index is 578. The van der Waals surface area contributed by atoms with Gasteiger partial charge in [-0.15, -0.1) is 5.10 Å². The lowest BCUT2D eigenvalue weighted by Gasteiger charge is -2.03. The third kappa shape index (κ3) is 4.08. The summed E-state index contributed by atoms with van der Waals surface area (Å²) >= 11 is 0. The highest BCUT2D eigenvalue weighted by Crippen LogP contribution is 1.94. The summed E-state index contributed by atoms with van der Waals surface area (Å²) in [5, 5.41) is 24.7. The molecule has 2 amide bonds. The standard InChI is InChI=1S/C10H12N6O4/c17-9(18)6-16-5-8(13-15-16)4-12-10(19)11-3-7-1-2-20-14-7/h1-2,5H,3-4,6H2,(H,17,18)(H2,11,12,19). The van der Waals surface area contributed by atoms with Gasteiger partial charge in [0.15, 0.2) is 0 Å². The Morgan fingerprint density at radius 2 is 2.05 bits per heavy atom. The Balaban J connectivity index is 1.72. The number of carbonyl (C=O) groups excluding carboxylic acids is 1. The molecule has 2 aromatic heterocycles. The molecule has 0 fully saturated rings. The minimum absolute atomic E-state index is 0.143. The van der Waals surface area contributed by atoms with Crippen molar-refractivity contribution in [3.05, 3.63) is 29.9 Å². The van der Waals surface area contributed by atoms with Crippen LogP contribution in [0.4, 0.5) is 4.79 Å². The van der Waals surface area contributed by atoms with Crippen LogP contribution in [0.2, 0.25) is 0 Å². The monoisotopic (exact) mass is 280 g/mol. The number of nitrogens with one attached hydrogen (secondary N) is 2. The lowest BCUT2D eigenvalue weighted by molar-refractivity contribution is -0.137. The maximum absolute atomic E-state index is 11.5. The molecule has 0 saturated heterocycles. The van der Waals surface area contributed by atoms with E-state index in [1.54, 1.807) is 6.07 Å². The maximum atomic E-state index is 11.5. The molecule has 0 radical (unpaired) electrons. The summed E-state index contributed by atoms with van der Waals surface area (Å²) in [6.07, 6.45) is 2.86. The fourth-order valence-corrected chi connectivity index (χ4v) is 1.37. The molecular weight excluding hydrogens is 268 g/mol. The molecule has 3 N–H and O–H groups in total. The highest BCUT2D eigenvalue weighted by atomic mass is 16.5. The van der Waals surface area contributed by atoms with Gasteiger partial charge in [0.05, 0.1) is 19.3 Å². The van der Waals surface area contributed by atoms with Crippen LogP contribution in [0.5, 0.6) is 0 Å². The fourth-order valence-electron chi connectivity index (χ4n) is 1.37. The first-order valence-corrected chi connectivity index (χ1v) is 5.65. The van der Waals surface area contributed by atoms with Crippen molar-refractivity contribution < 1.29 is 19.2 Å². The Hall–Kier alpha value is -2.91. The number of hydrogen-bond donors (Lipinski definition) is 3. The van der Waals surface area contributed by atoms with Gasteiger partial charge < -0.3 is 20.3 Å². The molecule has 0 aliphatic heterocycles. The molecule has 0 spiro atoms. The topological polar surface area (TPSA) is 135 Å². The first-order valence-electron chi connectivity index (χ1n) is 5.65. The van der Waals surface area contributed by atoms with Gasteiger partial charge in [0, 0.05) is 6.07 Å². The van der Waals surface area contributed by atoms with Gasteiger partial charge in [-0.3, -0.25) is 4.79 Å². The van der Waals surface area contributed by atoms with Crippen LogP contribution in [0, 0.1) is 0 Å². The van der Waals surface area contributed by atoms with Gasteiger partial charge in [-0.2, -0.15) is 0 Å². The molecule has 10 nitrogen and oxygen atoms in total. The minimum Gasteiger partial charge on any atom is -0.480 e. The van der Waals surface area contributed by atoms with Crippen LogP contribution in [0.25, 0.3) is 0 Å². The Labute approximate surface area is 112 Å². The summed E-state index contributed by atoms with van der Waals surface area (Å²) in [6, 6.07) is 1.23. The molecule has 0 aliphatic carbocycles. The second-order valence-corrected chi connectivity index (χ2v) is 3.83. The molecule has 0 aliphatic rings. The van der Waals surface area contributed by atoms with E-state index >= 15 is 0 Å². The van der Waals surface area contributed by atoms with E-state index in [1.165, 1.54) is 17.1 Å². The number of urea groups is 1. The van der Waals surface area contributed by atoms with Crippen molar-refractivity contribution >= 4 is 12.0 Å². The van der Waals surface area contributed by atoms with Gasteiger partial charge in [0.2, 0.25) is 0 Å². The summed E-state index contributed by atoms with van der Waals surface area (Å²) in [4.78, 5) is 21.9. The molecule has 10 heteroatoms. The number of carboxylic acids is 1. The van der Waals surface area contributed by atoms with Crippen molar-refractivity contribution in [1.29, 1.82) is 0 Å². The van der Waals surface area contributed by atoms with Crippen molar-refractivity contribution in [3.63, 3.8) is 0 Å². The largest absolute Gasteiger partial charge is 0.480 e. The number of rotatable bonds is 6. The van der Waals surface area contributed by atoms with Gasteiger partial charge in [0.25, 0.3) is 0 Å². The van der Waals surface area contributed by atoms with Crippen LogP contribution in [0.15, 0.2) is 23.0 Å². The zero-order valence-corrected chi connectivity index (χ0v) is 10.3. The van der Waals surface area contributed by atoms with Crippen molar-refractivity contribution in [2.24, 2.45) is 0 Å². The average molecular weight is 280 g/mol. The second-order valence-electron chi connectivity index (χ2n) is 3.83. The third-order valence-corrected chi connectivity index (χ3v) is 2.23. The van der Waals surface area contributed by atoms with Gasteiger partial charge in [-0.1, -0.05) is 10.4 Å². The van der Waals surface area contributed by atoms with Gasteiger partial charge in [-0.05, 0) is 0 Å². The van der Waals surface area contributed by atoms with E-state index in [9.17, 15) is 9.59 Å².